The average molecular weight is 221 g/mol. The molecule has 4 N–H and O–H groups in total. The van der Waals surface area contributed by atoms with E-state index in [2.05, 4.69) is 29.7 Å². The summed E-state index contributed by atoms with van der Waals surface area (Å²) in [5, 5.41) is 5.45. The van der Waals surface area contributed by atoms with Gasteiger partial charge in [-0.3, -0.25) is 0 Å². The van der Waals surface area contributed by atoms with E-state index >= 15 is 0 Å². The number of nitrogens with two attached hydrogens (primary N) is 1. The Morgan fingerprint density at radius 1 is 1.25 bits per heavy atom. The summed E-state index contributed by atoms with van der Waals surface area (Å²) < 4.78 is 0. The second kappa shape index (κ2) is 6.85. The fourth-order valence-electron chi connectivity index (χ4n) is 1.45. The predicted molar refractivity (Wildman–Crippen MR) is 65.3 cm³/mol. The maximum Gasteiger partial charge on any atom is 0.314 e. The molecule has 0 unspecified atom stereocenters. The molecule has 1 rings (SSSR count). The number of rotatable bonds is 5. The molecule has 0 fully saturated rings. The molecule has 1 aromatic carbocycles. The number of aryl methyl sites for hydroxylation is 1. The third-order valence-corrected chi connectivity index (χ3v) is 2.37. The van der Waals surface area contributed by atoms with E-state index < -0.39 is 0 Å². The number of hydrogen-bond donors (Lipinski definition) is 3. The van der Waals surface area contributed by atoms with Crippen LogP contribution in [0.5, 0.6) is 0 Å². The van der Waals surface area contributed by atoms with Gasteiger partial charge in [-0.25, -0.2) is 4.79 Å². The normalized spacial score (nSPS) is 9.88. The molecule has 4 heteroatoms. The molecule has 4 nitrogen and oxygen atoms in total. The number of carbonyl (C=O) groups is 1. The summed E-state index contributed by atoms with van der Waals surface area (Å²) >= 11 is 0. The number of benzene rings is 1. The number of amides is 2. The van der Waals surface area contributed by atoms with Gasteiger partial charge in [-0.05, 0) is 24.5 Å². The summed E-state index contributed by atoms with van der Waals surface area (Å²) in [6, 6.07) is 8.02. The SMILES string of the molecule is Cc1ccccc1CCNC(=O)NCCN. The highest BCUT2D eigenvalue weighted by Crippen LogP contribution is 2.06. The van der Waals surface area contributed by atoms with E-state index in [4.69, 9.17) is 5.73 Å². The van der Waals surface area contributed by atoms with E-state index in [9.17, 15) is 4.79 Å². The van der Waals surface area contributed by atoms with Gasteiger partial charge in [-0.15, -0.1) is 0 Å². The zero-order valence-corrected chi connectivity index (χ0v) is 9.62. The second-order valence-electron chi connectivity index (χ2n) is 3.65. The lowest BCUT2D eigenvalue weighted by atomic mass is 10.1. The van der Waals surface area contributed by atoms with Crippen molar-refractivity contribution in [1.29, 1.82) is 0 Å². The minimum absolute atomic E-state index is 0.154. The van der Waals surface area contributed by atoms with Crippen LogP contribution in [0.3, 0.4) is 0 Å². The van der Waals surface area contributed by atoms with Crippen molar-refractivity contribution in [2.75, 3.05) is 19.6 Å². The quantitative estimate of drug-likeness (QED) is 0.688. The van der Waals surface area contributed by atoms with Crippen molar-refractivity contribution < 1.29 is 4.79 Å². The van der Waals surface area contributed by atoms with Gasteiger partial charge >= 0.3 is 6.03 Å². The molecule has 0 bridgehead atoms. The summed E-state index contributed by atoms with van der Waals surface area (Å²) in [5.74, 6) is 0. The van der Waals surface area contributed by atoms with Crippen LogP contribution >= 0.6 is 0 Å². The first-order valence-electron chi connectivity index (χ1n) is 5.50. The van der Waals surface area contributed by atoms with Crippen LogP contribution in [0.4, 0.5) is 4.79 Å². The lowest BCUT2D eigenvalue weighted by Gasteiger charge is -2.08. The minimum Gasteiger partial charge on any atom is -0.338 e. The van der Waals surface area contributed by atoms with Gasteiger partial charge in [0.25, 0.3) is 0 Å². The molecule has 0 aliphatic rings. The Balaban J connectivity index is 2.25. The average Bonchev–Trinajstić information content (AvgIpc) is 2.29. The minimum atomic E-state index is -0.154. The number of carbonyl (C=O) groups excluding carboxylic acids is 1. The van der Waals surface area contributed by atoms with Gasteiger partial charge in [0.1, 0.15) is 0 Å². The highest BCUT2D eigenvalue weighted by Gasteiger charge is 1.99. The van der Waals surface area contributed by atoms with Gasteiger partial charge in [0, 0.05) is 19.6 Å². The molecule has 0 spiro atoms. The fraction of sp³-hybridized carbons (Fsp3) is 0.417. The van der Waals surface area contributed by atoms with Crippen molar-refractivity contribution in [2.24, 2.45) is 5.73 Å². The second-order valence-corrected chi connectivity index (χ2v) is 3.65. The molecule has 0 heterocycles. The third-order valence-electron chi connectivity index (χ3n) is 2.37. The van der Waals surface area contributed by atoms with Crippen molar-refractivity contribution in [3.8, 4) is 0 Å². The predicted octanol–water partition coefficient (Wildman–Crippen LogP) is 0.795. The van der Waals surface area contributed by atoms with E-state index in [0.717, 1.165) is 6.42 Å². The fourth-order valence-corrected chi connectivity index (χ4v) is 1.45. The Labute approximate surface area is 96.2 Å². The molecule has 0 atom stereocenters. The molecule has 16 heavy (non-hydrogen) atoms. The van der Waals surface area contributed by atoms with E-state index in [1.165, 1.54) is 11.1 Å². The molecule has 0 saturated heterocycles. The Hall–Kier alpha value is -1.55. The van der Waals surface area contributed by atoms with E-state index in [-0.39, 0.29) is 6.03 Å². The Morgan fingerprint density at radius 3 is 2.62 bits per heavy atom. The number of nitrogens with one attached hydrogen (secondary N) is 2. The van der Waals surface area contributed by atoms with Crippen LogP contribution in [-0.4, -0.2) is 25.7 Å². The molecule has 0 aliphatic heterocycles. The summed E-state index contributed by atoms with van der Waals surface area (Å²) in [6.45, 7) is 3.69. The summed E-state index contributed by atoms with van der Waals surface area (Å²) in [6.07, 6.45) is 0.850. The van der Waals surface area contributed by atoms with Gasteiger partial charge in [0.05, 0.1) is 0 Å². The van der Waals surface area contributed by atoms with Crippen LogP contribution in [0, 0.1) is 6.92 Å². The highest BCUT2D eigenvalue weighted by atomic mass is 16.2. The maximum absolute atomic E-state index is 11.2. The first-order valence-corrected chi connectivity index (χ1v) is 5.50. The van der Waals surface area contributed by atoms with Crippen LogP contribution in [0.1, 0.15) is 11.1 Å². The Morgan fingerprint density at radius 2 is 1.94 bits per heavy atom. The zero-order valence-electron chi connectivity index (χ0n) is 9.62. The number of urea groups is 1. The summed E-state index contributed by atoms with van der Waals surface area (Å²) in [5.41, 5.74) is 7.80. The molecule has 0 aliphatic carbocycles. The molecule has 0 radical (unpaired) electrons. The van der Waals surface area contributed by atoms with Crippen molar-refractivity contribution in [3.63, 3.8) is 0 Å². The molecule has 2 amide bonds. The highest BCUT2D eigenvalue weighted by molar-refractivity contribution is 5.73. The van der Waals surface area contributed by atoms with E-state index in [1.54, 1.807) is 0 Å². The van der Waals surface area contributed by atoms with Gasteiger partial charge in [-0.1, -0.05) is 24.3 Å². The van der Waals surface area contributed by atoms with Crippen molar-refractivity contribution in [2.45, 2.75) is 13.3 Å². The Kier molecular flexibility index (Phi) is 5.36. The third kappa shape index (κ3) is 4.31. The molecule has 0 saturated carbocycles. The smallest absolute Gasteiger partial charge is 0.314 e. The van der Waals surface area contributed by atoms with Gasteiger partial charge < -0.3 is 16.4 Å². The van der Waals surface area contributed by atoms with Crippen LogP contribution in [0.25, 0.3) is 0 Å². The summed E-state index contributed by atoms with van der Waals surface area (Å²) in [4.78, 5) is 11.2. The standard InChI is InChI=1S/C12H19N3O/c1-10-4-2-3-5-11(10)6-8-14-12(16)15-9-7-13/h2-5H,6-9,13H2,1H3,(H2,14,15,16). The van der Waals surface area contributed by atoms with Crippen LogP contribution < -0.4 is 16.4 Å². The van der Waals surface area contributed by atoms with Crippen molar-refractivity contribution in [3.05, 3.63) is 35.4 Å². The van der Waals surface area contributed by atoms with E-state index in [1.807, 2.05) is 12.1 Å². The van der Waals surface area contributed by atoms with Crippen LogP contribution in [-0.2, 0) is 6.42 Å². The Bertz CT molecular complexity index is 339. The first kappa shape index (κ1) is 12.5. The number of hydrogen-bond acceptors (Lipinski definition) is 2. The first-order chi connectivity index (χ1) is 7.74. The van der Waals surface area contributed by atoms with Gasteiger partial charge in [-0.2, -0.15) is 0 Å². The van der Waals surface area contributed by atoms with Crippen LogP contribution in [0.15, 0.2) is 24.3 Å². The lowest BCUT2D eigenvalue weighted by Crippen LogP contribution is -2.39. The molecular weight excluding hydrogens is 202 g/mol. The zero-order chi connectivity index (χ0) is 11.8. The monoisotopic (exact) mass is 221 g/mol. The largest absolute Gasteiger partial charge is 0.338 e. The topological polar surface area (TPSA) is 67.2 Å². The molecule has 1 aromatic rings. The van der Waals surface area contributed by atoms with Crippen molar-refractivity contribution in [1.82, 2.24) is 10.6 Å². The lowest BCUT2D eigenvalue weighted by molar-refractivity contribution is 0.241. The molecule has 0 aromatic heterocycles. The van der Waals surface area contributed by atoms with Crippen molar-refractivity contribution >= 4 is 6.03 Å². The molecular formula is C12H19N3O. The van der Waals surface area contributed by atoms with E-state index in [0.29, 0.717) is 19.6 Å². The van der Waals surface area contributed by atoms with Gasteiger partial charge in [0.15, 0.2) is 0 Å². The molecule has 88 valence electrons. The summed E-state index contributed by atoms with van der Waals surface area (Å²) in [7, 11) is 0. The van der Waals surface area contributed by atoms with Gasteiger partial charge in [0.2, 0.25) is 0 Å². The maximum atomic E-state index is 11.2. The van der Waals surface area contributed by atoms with Crippen LogP contribution in [0.2, 0.25) is 0 Å².